The van der Waals surface area contributed by atoms with Gasteiger partial charge >= 0.3 is 12.0 Å². The maximum absolute atomic E-state index is 12.8. The molecule has 0 aliphatic carbocycles. The van der Waals surface area contributed by atoms with E-state index in [4.69, 9.17) is 4.74 Å². The number of hydrogen-bond donors (Lipinski definition) is 2. The minimum absolute atomic E-state index is 0.0328. The van der Waals surface area contributed by atoms with Gasteiger partial charge in [0.2, 0.25) is 12.0 Å². The van der Waals surface area contributed by atoms with Crippen molar-refractivity contribution in [1.82, 2.24) is 15.3 Å². The van der Waals surface area contributed by atoms with Gasteiger partial charge in [-0.25, -0.2) is 14.8 Å². The predicted octanol–water partition coefficient (Wildman–Crippen LogP) is 2.74. The van der Waals surface area contributed by atoms with Crippen LogP contribution in [0.5, 0.6) is 6.01 Å². The topological polar surface area (TPSA) is 105 Å². The van der Waals surface area contributed by atoms with Gasteiger partial charge < -0.3 is 14.7 Å². The number of aliphatic carboxylic acids is 1. The van der Waals surface area contributed by atoms with Crippen LogP contribution in [0.1, 0.15) is 28.1 Å². The molecule has 4 rings (SSSR count). The summed E-state index contributed by atoms with van der Waals surface area (Å²) in [6, 6.07) is 16.5. The second kappa shape index (κ2) is 8.63. The first kappa shape index (κ1) is 22.4. The molecule has 170 valence electrons. The van der Waals surface area contributed by atoms with Gasteiger partial charge in [0.05, 0.1) is 6.54 Å². The van der Waals surface area contributed by atoms with Crippen LogP contribution in [0, 0.1) is 20.8 Å². The highest BCUT2D eigenvalue weighted by atomic mass is 16.5. The Kier molecular flexibility index (Phi) is 5.86. The summed E-state index contributed by atoms with van der Waals surface area (Å²) in [5.41, 5.74) is 2.82. The Balaban J connectivity index is 2.00. The number of rotatable bonds is 5. The zero-order valence-electron chi connectivity index (χ0n) is 19.0. The largest absolute Gasteiger partial charge is 0.478 e. The van der Waals surface area contributed by atoms with Crippen LogP contribution in [-0.2, 0) is 15.1 Å². The molecule has 1 amide bonds. The van der Waals surface area contributed by atoms with Crippen molar-refractivity contribution < 1.29 is 19.4 Å². The average molecular weight is 447 g/mol. The summed E-state index contributed by atoms with van der Waals surface area (Å²) >= 11 is 0. The van der Waals surface area contributed by atoms with E-state index in [2.05, 4.69) is 15.3 Å². The quantitative estimate of drug-likeness (QED) is 0.621. The number of hydrogen-bond acceptors (Lipinski definition) is 6. The van der Waals surface area contributed by atoms with Crippen LogP contribution in [0.3, 0.4) is 0 Å². The average Bonchev–Trinajstić information content (AvgIpc) is 2.88. The molecule has 2 N–H and O–H groups in total. The lowest BCUT2D eigenvalue weighted by molar-refractivity contribution is -0.149. The van der Waals surface area contributed by atoms with Gasteiger partial charge in [0.25, 0.3) is 0 Å². The maximum atomic E-state index is 12.8. The molecule has 2 unspecified atom stereocenters. The summed E-state index contributed by atoms with van der Waals surface area (Å²) in [7, 11) is 1.68. The Morgan fingerprint density at radius 3 is 2.36 bits per heavy atom. The number of fused-ring (bicyclic) bond motifs is 1. The van der Waals surface area contributed by atoms with Gasteiger partial charge in [-0.05, 0) is 38.5 Å². The molecule has 8 heteroatoms. The summed E-state index contributed by atoms with van der Waals surface area (Å²) in [4.78, 5) is 35.8. The number of carbonyl (C=O) groups is 2. The first-order valence-electron chi connectivity index (χ1n) is 10.6. The van der Waals surface area contributed by atoms with E-state index in [1.54, 1.807) is 33.0 Å². The van der Waals surface area contributed by atoms with Crippen LogP contribution < -0.4 is 15.0 Å². The number of aryl methyl sites for hydroxylation is 3. The molecule has 0 saturated carbocycles. The Morgan fingerprint density at radius 2 is 1.73 bits per heavy atom. The number of nitrogens with zero attached hydrogens (tertiary/aromatic N) is 3. The summed E-state index contributed by atoms with van der Waals surface area (Å²) in [5.74, 6) is -1.40. The zero-order valence-corrected chi connectivity index (χ0v) is 19.0. The van der Waals surface area contributed by atoms with Crippen LogP contribution in [0.25, 0.3) is 0 Å². The number of benzene rings is 2. The molecular formula is C25H26N4O4. The molecule has 2 atom stereocenters. The molecular weight excluding hydrogens is 420 g/mol. The molecule has 1 aromatic heterocycles. The molecule has 0 saturated heterocycles. The molecule has 1 aliphatic heterocycles. The lowest BCUT2D eigenvalue weighted by atomic mass is 9.77. The fourth-order valence-electron chi connectivity index (χ4n) is 4.30. The molecule has 2 heterocycles. The minimum Gasteiger partial charge on any atom is -0.478 e. The maximum Gasteiger partial charge on any atom is 0.347 e. The monoisotopic (exact) mass is 446 g/mol. The summed E-state index contributed by atoms with van der Waals surface area (Å²) in [6.45, 7) is 5.45. The van der Waals surface area contributed by atoms with E-state index in [1.807, 2.05) is 49.4 Å². The molecule has 1 aliphatic rings. The standard InChI is InChI=1S/C25H26N4O4/c1-15-9-11-18(12-10-15)25(19-7-5-6-8-20(19)29(4)21(30)14-26-25)22(23(31)32)33-24-27-16(2)13-17(3)28-24/h5-13,22,26H,14H2,1-4H3,(H,31,32). The van der Waals surface area contributed by atoms with Crippen molar-refractivity contribution in [1.29, 1.82) is 0 Å². The van der Waals surface area contributed by atoms with Gasteiger partial charge in [0.15, 0.2) is 0 Å². The summed E-state index contributed by atoms with van der Waals surface area (Å²) in [6.07, 6.45) is -1.47. The minimum atomic E-state index is -1.47. The van der Waals surface area contributed by atoms with Crippen molar-refractivity contribution in [2.75, 3.05) is 18.5 Å². The highest BCUT2D eigenvalue weighted by Gasteiger charge is 2.51. The number of anilines is 1. The van der Waals surface area contributed by atoms with Gasteiger partial charge in [0.1, 0.15) is 5.54 Å². The number of aromatic nitrogens is 2. The van der Waals surface area contributed by atoms with Crippen molar-refractivity contribution in [2.45, 2.75) is 32.4 Å². The van der Waals surface area contributed by atoms with Gasteiger partial charge in [-0.2, -0.15) is 0 Å². The highest BCUT2D eigenvalue weighted by molar-refractivity contribution is 5.97. The fourth-order valence-corrected chi connectivity index (χ4v) is 4.30. The molecule has 0 spiro atoms. The third-order valence-corrected chi connectivity index (χ3v) is 5.89. The SMILES string of the molecule is Cc1ccc(C2(C(Oc3nc(C)cc(C)n3)C(=O)O)NCC(=O)N(C)c3ccccc32)cc1. The summed E-state index contributed by atoms with van der Waals surface area (Å²) < 4.78 is 6.03. The second-order valence-corrected chi connectivity index (χ2v) is 8.27. The van der Waals surface area contributed by atoms with Gasteiger partial charge in [-0.1, -0.05) is 48.0 Å². The Bertz CT molecular complexity index is 1190. The predicted molar refractivity (Wildman–Crippen MR) is 123 cm³/mol. The van der Waals surface area contributed by atoms with Gasteiger partial charge in [-0.15, -0.1) is 0 Å². The van der Waals surface area contributed by atoms with Crippen molar-refractivity contribution >= 4 is 17.6 Å². The van der Waals surface area contributed by atoms with E-state index in [0.717, 1.165) is 5.56 Å². The first-order chi connectivity index (χ1) is 15.7. The molecule has 3 aromatic rings. The number of ether oxygens (including phenoxy) is 1. The highest BCUT2D eigenvalue weighted by Crippen LogP contribution is 2.41. The van der Waals surface area contributed by atoms with E-state index >= 15 is 0 Å². The Morgan fingerprint density at radius 1 is 1.09 bits per heavy atom. The van der Waals surface area contributed by atoms with Gasteiger partial charge in [-0.3, -0.25) is 10.1 Å². The lowest BCUT2D eigenvalue weighted by Gasteiger charge is -2.39. The third-order valence-electron chi connectivity index (χ3n) is 5.89. The van der Waals surface area contributed by atoms with Crippen LogP contribution in [-0.4, -0.2) is 46.6 Å². The van der Waals surface area contributed by atoms with Crippen LogP contribution >= 0.6 is 0 Å². The molecule has 0 bridgehead atoms. The van der Waals surface area contributed by atoms with Crippen LogP contribution in [0.2, 0.25) is 0 Å². The zero-order chi connectivity index (χ0) is 23.8. The lowest BCUT2D eigenvalue weighted by Crippen LogP contribution is -2.58. The number of carboxylic acid groups (broad SMARTS) is 1. The number of para-hydroxylation sites is 1. The first-order valence-corrected chi connectivity index (χ1v) is 10.6. The van der Waals surface area contributed by atoms with E-state index < -0.39 is 17.6 Å². The van der Waals surface area contributed by atoms with E-state index in [9.17, 15) is 14.7 Å². The van der Waals surface area contributed by atoms with Gasteiger partial charge in [0, 0.05) is 29.7 Å². The molecule has 33 heavy (non-hydrogen) atoms. The third kappa shape index (κ3) is 4.05. The fraction of sp³-hybridized carbons (Fsp3) is 0.280. The number of nitrogens with one attached hydrogen (secondary N) is 1. The summed E-state index contributed by atoms with van der Waals surface area (Å²) in [5, 5.41) is 13.7. The van der Waals surface area contributed by atoms with E-state index in [-0.39, 0.29) is 18.5 Å². The van der Waals surface area contributed by atoms with Crippen molar-refractivity contribution in [3.63, 3.8) is 0 Å². The van der Waals surface area contributed by atoms with E-state index in [1.165, 1.54) is 4.90 Å². The molecule has 0 fully saturated rings. The van der Waals surface area contributed by atoms with Crippen LogP contribution in [0.4, 0.5) is 5.69 Å². The Labute approximate surface area is 192 Å². The number of likely N-dealkylation sites (N-methyl/N-ethyl adjacent to an activating group) is 1. The van der Waals surface area contributed by atoms with Crippen LogP contribution in [0.15, 0.2) is 54.6 Å². The Hall–Kier alpha value is -3.78. The van der Waals surface area contributed by atoms with Crippen molar-refractivity contribution in [3.05, 3.63) is 82.7 Å². The molecule has 0 radical (unpaired) electrons. The number of carbonyl (C=O) groups excluding carboxylic acids is 1. The molecule has 8 nitrogen and oxygen atoms in total. The van der Waals surface area contributed by atoms with Crippen molar-refractivity contribution in [3.8, 4) is 6.01 Å². The second-order valence-electron chi connectivity index (χ2n) is 8.27. The number of amides is 1. The number of carboxylic acids is 1. The van der Waals surface area contributed by atoms with E-state index in [0.29, 0.717) is 28.2 Å². The normalized spacial score (nSPS) is 18.9. The van der Waals surface area contributed by atoms with Crippen molar-refractivity contribution in [2.24, 2.45) is 0 Å². The molecule has 2 aromatic carbocycles. The smallest absolute Gasteiger partial charge is 0.347 e.